The van der Waals surface area contributed by atoms with Crippen molar-refractivity contribution in [2.75, 3.05) is 75.8 Å². The summed E-state index contributed by atoms with van der Waals surface area (Å²) in [5, 5.41) is 2.65. The summed E-state index contributed by atoms with van der Waals surface area (Å²) >= 11 is 0. The van der Waals surface area contributed by atoms with Gasteiger partial charge in [0.05, 0.1) is 0 Å². The Morgan fingerprint density at radius 3 is 2.38 bits per heavy atom. The number of amides is 2. The first-order valence-electron chi connectivity index (χ1n) is 17.3. The van der Waals surface area contributed by atoms with Crippen LogP contribution in [0.25, 0.3) is 0 Å². The highest BCUT2D eigenvalue weighted by atomic mass is 32.2. The van der Waals surface area contributed by atoms with E-state index >= 15 is 0 Å². The highest BCUT2D eigenvalue weighted by Crippen LogP contribution is 2.35. The average Bonchev–Trinajstić information content (AvgIpc) is 3.44. The minimum atomic E-state index is -0.639. The summed E-state index contributed by atoms with van der Waals surface area (Å²) in [5.41, 5.74) is 10.2. The summed E-state index contributed by atoms with van der Waals surface area (Å²) in [6.07, 6.45) is 5.92. The number of likely N-dealkylation sites (N-methyl/N-ethyl adjacent to an activating group) is 1. The molecule has 0 spiro atoms. The van der Waals surface area contributed by atoms with E-state index in [0.29, 0.717) is 30.5 Å². The lowest BCUT2D eigenvalue weighted by molar-refractivity contribution is -0.125. The summed E-state index contributed by atoms with van der Waals surface area (Å²) in [6.45, 7) is 9.78. The van der Waals surface area contributed by atoms with Crippen molar-refractivity contribution in [3.8, 4) is 0 Å². The van der Waals surface area contributed by atoms with Gasteiger partial charge in [-0.2, -0.15) is 0 Å². The van der Waals surface area contributed by atoms with Crippen molar-refractivity contribution < 1.29 is 14.4 Å². The number of piperazine rings is 1. The highest BCUT2D eigenvalue weighted by Gasteiger charge is 2.36. The molecule has 2 amide bonds. The number of nitrogens with one attached hydrogen (secondary N) is 1. The second-order valence-electron chi connectivity index (χ2n) is 13.5. The molecule has 4 aliphatic rings. The first kappa shape index (κ1) is 33.6. The average molecular weight is 662 g/mol. The molecule has 254 valence electrons. The molecule has 0 aromatic heterocycles. The zero-order chi connectivity index (χ0) is 32.9. The van der Waals surface area contributed by atoms with Crippen LogP contribution in [0.3, 0.4) is 0 Å². The molecule has 2 aromatic rings. The van der Waals surface area contributed by atoms with Gasteiger partial charge in [0.25, 0.3) is 5.91 Å². The van der Waals surface area contributed by atoms with E-state index in [-0.39, 0.29) is 28.9 Å². The third kappa shape index (κ3) is 7.74. The van der Waals surface area contributed by atoms with E-state index < -0.39 is 6.04 Å². The van der Waals surface area contributed by atoms with Crippen LogP contribution in [-0.2, 0) is 16.1 Å². The lowest BCUT2D eigenvalue weighted by Crippen LogP contribution is -2.49. The van der Waals surface area contributed by atoms with Gasteiger partial charge >= 0.3 is 0 Å². The van der Waals surface area contributed by atoms with Crippen LogP contribution in [0.5, 0.6) is 0 Å². The Bertz CT molecular complexity index is 1450. The van der Waals surface area contributed by atoms with E-state index in [4.69, 9.17) is 5.73 Å². The monoisotopic (exact) mass is 661 g/mol. The molecule has 4 heterocycles. The summed E-state index contributed by atoms with van der Waals surface area (Å²) in [5.74, 6) is 4.89. The Labute approximate surface area is 282 Å². The van der Waals surface area contributed by atoms with Crippen molar-refractivity contribution in [1.82, 2.24) is 19.4 Å². The molecule has 11 heteroatoms. The largest absolute Gasteiger partial charge is 0.371 e. The van der Waals surface area contributed by atoms with Crippen LogP contribution in [0.4, 0.5) is 11.4 Å². The quantitative estimate of drug-likeness (QED) is 0.280. The number of carbonyl (C=O) groups excluding carboxylic acids is 3. The fourth-order valence-corrected chi connectivity index (χ4v) is 9.04. The second-order valence-corrected chi connectivity index (χ2v) is 15.2. The maximum atomic E-state index is 13.2. The molecule has 0 radical (unpaired) electrons. The zero-order valence-electron chi connectivity index (χ0n) is 27.8. The molecule has 0 saturated carbocycles. The summed E-state index contributed by atoms with van der Waals surface area (Å²) in [4.78, 5) is 47.2. The normalized spacial score (nSPS) is 21.5. The fraction of sp³-hybridized carbons (Fsp3) is 0.556. The zero-order valence-corrected chi connectivity index (χ0v) is 28.6. The van der Waals surface area contributed by atoms with E-state index in [9.17, 15) is 14.4 Å². The number of anilines is 2. The third-order valence-corrected chi connectivity index (χ3v) is 12.3. The number of fused-ring (bicyclic) bond motifs is 1. The van der Waals surface area contributed by atoms with Crippen LogP contribution in [0.2, 0.25) is 0 Å². The van der Waals surface area contributed by atoms with Crippen molar-refractivity contribution in [3.63, 3.8) is 0 Å². The van der Waals surface area contributed by atoms with Crippen molar-refractivity contribution in [2.45, 2.75) is 62.0 Å². The SMILES string of the molecule is C=S(c1cccc(N2CCC(CN3CCN(c4ccc5c(c4)CN(C(CCC=O)C(=O)NC)C5=O)CC3)CC2)c1)N1CCC(N)CC1. The minimum absolute atomic E-state index is 0.135. The summed E-state index contributed by atoms with van der Waals surface area (Å²) in [6, 6.07) is 14.8. The molecule has 3 N–H and O–H groups in total. The van der Waals surface area contributed by atoms with Gasteiger partial charge in [0, 0.05) is 107 Å². The molecular formula is C36H51N7O3S. The summed E-state index contributed by atoms with van der Waals surface area (Å²) < 4.78 is 2.50. The number of hydrogen-bond acceptors (Lipinski definition) is 8. The Kier molecular flexibility index (Phi) is 11.0. The van der Waals surface area contributed by atoms with Crippen LogP contribution in [0.15, 0.2) is 47.4 Å². The molecule has 2 aromatic carbocycles. The van der Waals surface area contributed by atoms with E-state index in [2.05, 4.69) is 60.5 Å². The topological polar surface area (TPSA) is 105 Å². The van der Waals surface area contributed by atoms with Gasteiger partial charge in [0.2, 0.25) is 5.91 Å². The van der Waals surface area contributed by atoms with Gasteiger partial charge in [0.15, 0.2) is 0 Å². The number of piperidine rings is 2. The van der Waals surface area contributed by atoms with E-state index in [0.717, 1.165) is 89.3 Å². The number of nitrogens with zero attached hydrogens (tertiary/aromatic N) is 5. The highest BCUT2D eigenvalue weighted by molar-refractivity contribution is 8.12. The number of hydrogen-bond donors (Lipinski definition) is 2. The summed E-state index contributed by atoms with van der Waals surface area (Å²) in [7, 11) is 1.43. The fourth-order valence-electron chi connectivity index (χ4n) is 7.60. The molecule has 10 nitrogen and oxygen atoms in total. The lowest BCUT2D eigenvalue weighted by Gasteiger charge is -2.40. The molecule has 0 aliphatic carbocycles. The molecule has 6 rings (SSSR count). The molecule has 4 aliphatic heterocycles. The maximum Gasteiger partial charge on any atom is 0.255 e. The second kappa shape index (κ2) is 15.3. The molecule has 3 saturated heterocycles. The van der Waals surface area contributed by atoms with Crippen LogP contribution < -0.4 is 20.9 Å². The molecule has 2 atom stereocenters. The molecule has 47 heavy (non-hydrogen) atoms. The van der Waals surface area contributed by atoms with Crippen molar-refractivity contribution in [1.29, 1.82) is 0 Å². The van der Waals surface area contributed by atoms with Crippen molar-refractivity contribution >= 4 is 46.0 Å². The van der Waals surface area contributed by atoms with Gasteiger partial charge < -0.3 is 30.5 Å². The smallest absolute Gasteiger partial charge is 0.255 e. The predicted octanol–water partition coefficient (Wildman–Crippen LogP) is 3.17. The van der Waals surface area contributed by atoms with Crippen LogP contribution in [0.1, 0.15) is 54.4 Å². The van der Waals surface area contributed by atoms with Crippen LogP contribution >= 0.6 is 10.7 Å². The first-order valence-corrected chi connectivity index (χ1v) is 18.7. The maximum absolute atomic E-state index is 13.2. The van der Waals surface area contributed by atoms with E-state index in [1.54, 1.807) is 11.9 Å². The number of rotatable bonds is 11. The van der Waals surface area contributed by atoms with Crippen LogP contribution in [-0.4, -0.2) is 116 Å². The predicted molar refractivity (Wildman–Crippen MR) is 191 cm³/mol. The van der Waals surface area contributed by atoms with Crippen molar-refractivity contribution in [3.05, 3.63) is 53.6 Å². The Morgan fingerprint density at radius 2 is 1.68 bits per heavy atom. The van der Waals surface area contributed by atoms with Crippen molar-refractivity contribution in [2.24, 2.45) is 11.7 Å². The van der Waals surface area contributed by atoms with Gasteiger partial charge in [-0.15, -0.1) is 0 Å². The minimum Gasteiger partial charge on any atom is -0.371 e. The molecular weight excluding hydrogens is 611 g/mol. The molecule has 2 unspecified atom stereocenters. The van der Waals surface area contributed by atoms with Gasteiger partial charge in [-0.1, -0.05) is 22.6 Å². The first-order chi connectivity index (χ1) is 22.8. The lowest BCUT2D eigenvalue weighted by atomic mass is 9.95. The number of nitrogens with two attached hydrogens (primary N) is 1. The van der Waals surface area contributed by atoms with Gasteiger partial charge in [-0.3, -0.25) is 18.8 Å². The Hall–Kier alpha value is -3.25. The number of carbonyl (C=O) groups is 3. The number of benzene rings is 2. The Balaban J connectivity index is 0.973. The van der Waals surface area contributed by atoms with Gasteiger partial charge in [-0.25, -0.2) is 0 Å². The van der Waals surface area contributed by atoms with E-state index in [1.807, 2.05) is 12.1 Å². The molecule has 0 bridgehead atoms. The van der Waals surface area contributed by atoms with Crippen LogP contribution in [0, 0.1) is 5.92 Å². The third-order valence-electron chi connectivity index (χ3n) is 10.5. The van der Waals surface area contributed by atoms with E-state index in [1.165, 1.54) is 23.4 Å². The molecule has 3 fully saturated rings. The Morgan fingerprint density at radius 1 is 0.979 bits per heavy atom. The standard InChI is InChI=1S/C36H51N7O3S/c1-38-35(45)34(7-4-22-44)43-26-28-23-31(8-9-33(28)36(43)46)41-20-18-39(19-21-41)25-27-10-14-40(15-11-27)30-5-3-6-32(24-30)47(2)42-16-12-29(37)13-17-42/h3,5-6,8-9,22-24,27,29,34H,2,4,7,10-21,25-26,37H2,1H3,(H,38,45). The van der Waals surface area contributed by atoms with Gasteiger partial charge in [0.1, 0.15) is 12.3 Å². The number of aldehydes is 1. The van der Waals surface area contributed by atoms with Gasteiger partial charge in [-0.05, 0) is 80.0 Å².